The minimum atomic E-state index is -0.895. The number of carbonyl (C=O) groups excluding carboxylic acids is 2. The Hall–Kier alpha value is -1.96. The highest BCUT2D eigenvalue weighted by atomic mass is 79.9. The van der Waals surface area contributed by atoms with Gasteiger partial charge in [0, 0.05) is 9.50 Å². The molecule has 0 saturated heterocycles. The SMILES string of the molecule is CC(Oc1ccc(Cl)cc1Cl)C(=O)NNC(=O)COc1ccc(Br)cc1C(C)C. The van der Waals surface area contributed by atoms with Crippen molar-refractivity contribution in [2.45, 2.75) is 32.8 Å². The molecule has 2 aromatic carbocycles. The van der Waals surface area contributed by atoms with Crippen molar-refractivity contribution in [3.05, 3.63) is 56.5 Å². The molecule has 0 heterocycles. The summed E-state index contributed by atoms with van der Waals surface area (Å²) in [5.41, 5.74) is 5.56. The lowest BCUT2D eigenvalue weighted by atomic mass is 10.0. The van der Waals surface area contributed by atoms with E-state index in [1.165, 1.54) is 13.0 Å². The molecule has 2 N–H and O–H groups in total. The molecule has 0 spiro atoms. The van der Waals surface area contributed by atoms with E-state index in [-0.39, 0.29) is 17.5 Å². The van der Waals surface area contributed by atoms with Crippen LogP contribution in [0.3, 0.4) is 0 Å². The van der Waals surface area contributed by atoms with Gasteiger partial charge in [-0.05, 0) is 54.8 Å². The first-order chi connectivity index (χ1) is 13.7. The monoisotopic (exact) mass is 502 g/mol. The van der Waals surface area contributed by atoms with E-state index < -0.39 is 17.9 Å². The maximum atomic E-state index is 12.1. The van der Waals surface area contributed by atoms with Gasteiger partial charge in [-0.15, -0.1) is 0 Å². The fourth-order valence-electron chi connectivity index (χ4n) is 2.33. The van der Waals surface area contributed by atoms with Crippen LogP contribution < -0.4 is 20.3 Å². The molecule has 2 aromatic rings. The van der Waals surface area contributed by atoms with Gasteiger partial charge in [0.1, 0.15) is 11.5 Å². The molecule has 156 valence electrons. The van der Waals surface area contributed by atoms with Gasteiger partial charge >= 0.3 is 0 Å². The van der Waals surface area contributed by atoms with Crippen LogP contribution in [0.15, 0.2) is 40.9 Å². The van der Waals surface area contributed by atoms with Crippen molar-refractivity contribution >= 4 is 50.9 Å². The normalized spacial score (nSPS) is 11.7. The molecule has 9 heteroatoms. The van der Waals surface area contributed by atoms with Crippen LogP contribution >= 0.6 is 39.1 Å². The number of hydrazine groups is 1. The molecule has 0 fully saturated rings. The molecular weight excluding hydrogens is 483 g/mol. The van der Waals surface area contributed by atoms with E-state index in [1.54, 1.807) is 18.2 Å². The molecule has 6 nitrogen and oxygen atoms in total. The molecule has 29 heavy (non-hydrogen) atoms. The van der Waals surface area contributed by atoms with Gasteiger partial charge in [-0.1, -0.05) is 53.0 Å². The quantitative estimate of drug-likeness (QED) is 0.528. The summed E-state index contributed by atoms with van der Waals surface area (Å²) < 4.78 is 12.0. The highest BCUT2D eigenvalue weighted by Gasteiger charge is 2.17. The van der Waals surface area contributed by atoms with Gasteiger partial charge in [-0.25, -0.2) is 0 Å². The van der Waals surface area contributed by atoms with Crippen molar-refractivity contribution in [3.8, 4) is 11.5 Å². The fourth-order valence-corrected chi connectivity index (χ4v) is 3.16. The second kappa shape index (κ2) is 10.7. The molecule has 2 amide bonds. The molecule has 0 aromatic heterocycles. The van der Waals surface area contributed by atoms with Crippen molar-refractivity contribution in [3.63, 3.8) is 0 Å². The lowest BCUT2D eigenvalue weighted by molar-refractivity contribution is -0.133. The van der Waals surface area contributed by atoms with Gasteiger partial charge in [0.25, 0.3) is 11.8 Å². The lowest BCUT2D eigenvalue weighted by Gasteiger charge is -2.17. The number of amides is 2. The van der Waals surface area contributed by atoms with Crippen molar-refractivity contribution in [2.75, 3.05) is 6.61 Å². The third kappa shape index (κ3) is 7.10. The van der Waals surface area contributed by atoms with Crippen LogP contribution in [-0.2, 0) is 9.59 Å². The maximum Gasteiger partial charge on any atom is 0.279 e. The first kappa shape index (κ1) is 23.3. The number of nitrogens with one attached hydrogen (secondary N) is 2. The number of halogens is 3. The van der Waals surface area contributed by atoms with Crippen LogP contribution in [-0.4, -0.2) is 24.5 Å². The number of carbonyl (C=O) groups is 2. The highest BCUT2D eigenvalue weighted by molar-refractivity contribution is 9.10. The number of benzene rings is 2. The topological polar surface area (TPSA) is 76.7 Å². The molecule has 0 saturated carbocycles. The average Bonchev–Trinajstić information content (AvgIpc) is 2.66. The Labute approximate surface area is 188 Å². The Bertz CT molecular complexity index is 893. The molecule has 2 rings (SSSR count). The van der Waals surface area contributed by atoms with Gasteiger partial charge in [-0.3, -0.25) is 20.4 Å². The third-order valence-electron chi connectivity index (χ3n) is 3.84. The fraction of sp³-hybridized carbons (Fsp3) is 0.300. The molecule has 0 aliphatic rings. The van der Waals surface area contributed by atoms with Crippen LogP contribution in [0.1, 0.15) is 32.3 Å². The van der Waals surface area contributed by atoms with Crippen molar-refractivity contribution in [2.24, 2.45) is 0 Å². The van der Waals surface area contributed by atoms with E-state index in [9.17, 15) is 9.59 Å². The van der Waals surface area contributed by atoms with Gasteiger partial charge in [0.05, 0.1) is 5.02 Å². The Kier molecular flexibility index (Phi) is 8.61. The van der Waals surface area contributed by atoms with E-state index in [0.717, 1.165) is 10.0 Å². The standard InChI is InChI=1S/C20H21BrCl2N2O4/c1-11(2)15-8-13(21)4-6-17(15)28-10-19(26)24-25-20(27)12(3)29-18-7-5-14(22)9-16(18)23/h4-9,11-12H,10H2,1-3H3,(H,24,26)(H,25,27). The summed E-state index contributed by atoms with van der Waals surface area (Å²) in [6.07, 6.45) is -0.895. The van der Waals surface area contributed by atoms with Crippen LogP contribution in [0, 0.1) is 0 Å². The van der Waals surface area contributed by atoms with Crippen LogP contribution in [0.4, 0.5) is 0 Å². The number of hydrogen-bond acceptors (Lipinski definition) is 4. The van der Waals surface area contributed by atoms with E-state index in [4.69, 9.17) is 32.7 Å². The zero-order valence-electron chi connectivity index (χ0n) is 16.1. The second-order valence-corrected chi connectivity index (χ2v) is 8.26. The van der Waals surface area contributed by atoms with Crippen LogP contribution in [0.25, 0.3) is 0 Å². The highest BCUT2D eigenvalue weighted by Crippen LogP contribution is 2.30. The smallest absolute Gasteiger partial charge is 0.279 e. The summed E-state index contributed by atoms with van der Waals surface area (Å²) in [4.78, 5) is 24.1. The number of rotatable bonds is 7. The largest absolute Gasteiger partial charge is 0.483 e. The maximum absolute atomic E-state index is 12.1. The second-order valence-electron chi connectivity index (χ2n) is 6.50. The first-order valence-electron chi connectivity index (χ1n) is 8.80. The number of hydrogen-bond donors (Lipinski definition) is 2. The summed E-state index contributed by atoms with van der Waals surface area (Å²) in [7, 11) is 0. The zero-order chi connectivity index (χ0) is 21.6. The Balaban J connectivity index is 1.83. The molecule has 0 aliphatic heterocycles. The minimum absolute atomic E-state index is 0.225. The van der Waals surface area contributed by atoms with Gasteiger partial charge < -0.3 is 9.47 Å². The zero-order valence-corrected chi connectivity index (χ0v) is 19.2. The first-order valence-corrected chi connectivity index (χ1v) is 10.3. The summed E-state index contributed by atoms with van der Waals surface area (Å²) in [6, 6.07) is 10.2. The predicted octanol–water partition coefficient (Wildman–Crippen LogP) is 4.87. The molecule has 0 bridgehead atoms. The van der Waals surface area contributed by atoms with Crippen molar-refractivity contribution in [1.82, 2.24) is 10.9 Å². The van der Waals surface area contributed by atoms with E-state index >= 15 is 0 Å². The van der Waals surface area contributed by atoms with Crippen molar-refractivity contribution in [1.29, 1.82) is 0 Å². The van der Waals surface area contributed by atoms with E-state index in [1.807, 2.05) is 26.0 Å². The summed E-state index contributed by atoms with van der Waals surface area (Å²) in [5, 5.41) is 0.739. The Morgan fingerprint density at radius 2 is 1.72 bits per heavy atom. The predicted molar refractivity (Wildman–Crippen MR) is 117 cm³/mol. The van der Waals surface area contributed by atoms with E-state index in [2.05, 4.69) is 26.8 Å². The summed E-state index contributed by atoms with van der Waals surface area (Å²) in [6.45, 7) is 5.34. The summed E-state index contributed by atoms with van der Waals surface area (Å²) >= 11 is 15.3. The van der Waals surface area contributed by atoms with Gasteiger partial charge in [0.15, 0.2) is 12.7 Å². The third-order valence-corrected chi connectivity index (χ3v) is 4.87. The average molecular weight is 504 g/mol. The Morgan fingerprint density at radius 3 is 2.38 bits per heavy atom. The van der Waals surface area contributed by atoms with Gasteiger partial charge in [-0.2, -0.15) is 0 Å². The Morgan fingerprint density at radius 1 is 1.03 bits per heavy atom. The van der Waals surface area contributed by atoms with E-state index in [0.29, 0.717) is 16.5 Å². The number of ether oxygens (including phenoxy) is 2. The summed E-state index contributed by atoms with van der Waals surface area (Å²) in [5.74, 6) is 0.0927. The molecule has 1 atom stereocenters. The van der Waals surface area contributed by atoms with Gasteiger partial charge in [0.2, 0.25) is 0 Å². The molecular formula is C20H21BrCl2N2O4. The lowest BCUT2D eigenvalue weighted by Crippen LogP contribution is -2.48. The molecule has 0 radical (unpaired) electrons. The van der Waals surface area contributed by atoms with Crippen LogP contribution in [0.2, 0.25) is 10.0 Å². The van der Waals surface area contributed by atoms with Crippen LogP contribution in [0.5, 0.6) is 11.5 Å². The minimum Gasteiger partial charge on any atom is -0.483 e. The molecule has 1 unspecified atom stereocenters. The van der Waals surface area contributed by atoms with Crippen molar-refractivity contribution < 1.29 is 19.1 Å². The molecule has 0 aliphatic carbocycles.